The van der Waals surface area contributed by atoms with E-state index in [0.717, 1.165) is 32.1 Å². The first kappa shape index (κ1) is 11.4. The Balaban J connectivity index is 2.25. The van der Waals surface area contributed by atoms with Gasteiger partial charge in [-0.05, 0) is 13.0 Å². The van der Waals surface area contributed by atoms with Gasteiger partial charge in [0.1, 0.15) is 5.75 Å². The molecule has 1 heterocycles. The first-order chi connectivity index (χ1) is 7.81. The van der Waals surface area contributed by atoms with Gasteiger partial charge < -0.3 is 14.8 Å². The number of nitrogens with one attached hydrogen (secondary N) is 1. The van der Waals surface area contributed by atoms with Gasteiger partial charge in [0.05, 0.1) is 20.3 Å². The summed E-state index contributed by atoms with van der Waals surface area (Å²) < 4.78 is 11.0. The second-order valence-electron chi connectivity index (χ2n) is 4.22. The van der Waals surface area contributed by atoms with E-state index in [1.54, 1.807) is 7.11 Å². The van der Waals surface area contributed by atoms with Crippen LogP contribution >= 0.6 is 0 Å². The zero-order valence-corrected chi connectivity index (χ0v) is 9.95. The van der Waals surface area contributed by atoms with E-state index in [2.05, 4.69) is 24.4 Å². The van der Waals surface area contributed by atoms with Crippen LogP contribution in [0.1, 0.15) is 17.0 Å². The van der Waals surface area contributed by atoms with E-state index in [9.17, 15) is 0 Å². The van der Waals surface area contributed by atoms with Crippen molar-refractivity contribution in [1.82, 2.24) is 5.32 Å². The number of hydrogen-bond donors (Lipinski definition) is 1. The van der Waals surface area contributed by atoms with Crippen LogP contribution < -0.4 is 10.1 Å². The quantitative estimate of drug-likeness (QED) is 0.824. The molecular weight excluding hydrogens is 202 g/mol. The molecule has 0 saturated carbocycles. The van der Waals surface area contributed by atoms with Crippen LogP contribution in [0.15, 0.2) is 18.2 Å². The smallest absolute Gasteiger partial charge is 0.122 e. The molecule has 0 bridgehead atoms. The molecule has 1 atom stereocenters. The molecule has 0 aliphatic carbocycles. The van der Waals surface area contributed by atoms with Gasteiger partial charge >= 0.3 is 0 Å². The summed E-state index contributed by atoms with van der Waals surface area (Å²) in [5.74, 6) is 1.35. The minimum atomic E-state index is 0.386. The van der Waals surface area contributed by atoms with Crippen molar-refractivity contribution >= 4 is 0 Å². The van der Waals surface area contributed by atoms with Gasteiger partial charge in [-0.15, -0.1) is 0 Å². The highest BCUT2D eigenvalue weighted by Crippen LogP contribution is 2.28. The van der Waals surface area contributed by atoms with Crippen molar-refractivity contribution in [3.05, 3.63) is 29.3 Å². The number of ether oxygens (including phenoxy) is 2. The molecule has 3 nitrogen and oxygen atoms in total. The van der Waals surface area contributed by atoms with Gasteiger partial charge in [-0.25, -0.2) is 0 Å². The fourth-order valence-electron chi connectivity index (χ4n) is 2.08. The van der Waals surface area contributed by atoms with Crippen molar-refractivity contribution in [2.45, 2.75) is 12.8 Å². The predicted octanol–water partition coefficient (Wildman–Crippen LogP) is 1.71. The van der Waals surface area contributed by atoms with Crippen LogP contribution in [0.3, 0.4) is 0 Å². The third-order valence-electron chi connectivity index (χ3n) is 2.96. The lowest BCUT2D eigenvalue weighted by Gasteiger charge is -2.18. The Bertz CT molecular complexity index is 344. The van der Waals surface area contributed by atoms with Crippen molar-refractivity contribution < 1.29 is 9.47 Å². The Kier molecular flexibility index (Phi) is 3.80. The molecule has 0 spiro atoms. The Morgan fingerprint density at radius 1 is 1.44 bits per heavy atom. The summed E-state index contributed by atoms with van der Waals surface area (Å²) >= 11 is 0. The molecule has 88 valence electrons. The number of methoxy groups -OCH3 is 1. The predicted molar refractivity (Wildman–Crippen MR) is 64.2 cm³/mol. The summed E-state index contributed by atoms with van der Waals surface area (Å²) in [6.07, 6.45) is 0. The normalized spacial score (nSPS) is 21.5. The van der Waals surface area contributed by atoms with Crippen LogP contribution in [0, 0.1) is 6.92 Å². The topological polar surface area (TPSA) is 30.5 Å². The molecule has 1 aliphatic rings. The lowest BCUT2D eigenvalue weighted by Crippen LogP contribution is -2.21. The second kappa shape index (κ2) is 5.32. The lowest BCUT2D eigenvalue weighted by molar-refractivity contribution is 0.140. The van der Waals surface area contributed by atoms with Crippen LogP contribution in [-0.4, -0.2) is 33.4 Å². The van der Waals surface area contributed by atoms with E-state index < -0.39 is 0 Å². The molecule has 1 aliphatic heterocycles. The van der Waals surface area contributed by atoms with E-state index in [4.69, 9.17) is 9.47 Å². The molecule has 1 saturated heterocycles. The van der Waals surface area contributed by atoms with Gasteiger partial charge in [-0.2, -0.15) is 0 Å². The van der Waals surface area contributed by atoms with Crippen molar-refractivity contribution in [3.63, 3.8) is 0 Å². The molecule has 2 rings (SSSR count). The Labute approximate surface area is 96.8 Å². The Hall–Kier alpha value is -1.06. The molecule has 1 unspecified atom stereocenters. The number of hydrogen-bond acceptors (Lipinski definition) is 3. The Morgan fingerprint density at radius 3 is 3.12 bits per heavy atom. The van der Waals surface area contributed by atoms with Crippen molar-refractivity contribution in [1.29, 1.82) is 0 Å². The van der Waals surface area contributed by atoms with E-state index in [1.807, 2.05) is 6.07 Å². The van der Waals surface area contributed by atoms with E-state index in [1.165, 1.54) is 11.1 Å². The molecular formula is C13H19NO2. The summed E-state index contributed by atoms with van der Waals surface area (Å²) in [6, 6.07) is 6.31. The second-order valence-corrected chi connectivity index (χ2v) is 4.22. The molecule has 1 aromatic carbocycles. The summed E-state index contributed by atoms with van der Waals surface area (Å²) in [4.78, 5) is 0. The van der Waals surface area contributed by atoms with Gasteiger partial charge in [0.25, 0.3) is 0 Å². The largest absolute Gasteiger partial charge is 0.496 e. The number of rotatable bonds is 2. The SMILES string of the molecule is COc1ccc(C)cc1C1CNCCOC1. The maximum Gasteiger partial charge on any atom is 0.122 e. The fourth-order valence-corrected chi connectivity index (χ4v) is 2.08. The average Bonchev–Trinajstić information content (AvgIpc) is 2.57. The van der Waals surface area contributed by atoms with Crippen LogP contribution in [0.5, 0.6) is 5.75 Å². The summed E-state index contributed by atoms with van der Waals surface area (Å²) in [6.45, 7) is 5.57. The lowest BCUT2D eigenvalue weighted by atomic mass is 9.97. The fraction of sp³-hybridized carbons (Fsp3) is 0.538. The molecule has 0 aromatic heterocycles. The van der Waals surface area contributed by atoms with Gasteiger partial charge in [0.15, 0.2) is 0 Å². The van der Waals surface area contributed by atoms with Crippen LogP contribution in [0.25, 0.3) is 0 Å². The monoisotopic (exact) mass is 221 g/mol. The van der Waals surface area contributed by atoms with Gasteiger partial charge in [-0.3, -0.25) is 0 Å². The molecule has 0 radical (unpaired) electrons. The van der Waals surface area contributed by atoms with Crippen molar-refractivity contribution in [2.75, 3.05) is 33.4 Å². The molecule has 3 heteroatoms. The summed E-state index contributed by atoms with van der Waals surface area (Å²) in [5.41, 5.74) is 2.51. The van der Waals surface area contributed by atoms with Gasteiger partial charge in [0.2, 0.25) is 0 Å². The standard InChI is InChI=1S/C13H19NO2/c1-10-3-4-13(15-2)12(7-10)11-8-14-5-6-16-9-11/h3-4,7,11,14H,5-6,8-9H2,1-2H3. The van der Waals surface area contributed by atoms with Crippen molar-refractivity contribution in [2.24, 2.45) is 0 Å². The van der Waals surface area contributed by atoms with Crippen LogP contribution in [0.2, 0.25) is 0 Å². The minimum Gasteiger partial charge on any atom is -0.496 e. The highest BCUT2D eigenvalue weighted by molar-refractivity contribution is 5.39. The minimum absolute atomic E-state index is 0.386. The molecule has 1 N–H and O–H groups in total. The Morgan fingerprint density at radius 2 is 2.31 bits per heavy atom. The zero-order valence-electron chi connectivity index (χ0n) is 9.95. The first-order valence-corrected chi connectivity index (χ1v) is 5.74. The maximum absolute atomic E-state index is 5.58. The molecule has 16 heavy (non-hydrogen) atoms. The van der Waals surface area contributed by atoms with Crippen LogP contribution in [-0.2, 0) is 4.74 Å². The van der Waals surface area contributed by atoms with E-state index in [0.29, 0.717) is 5.92 Å². The highest BCUT2D eigenvalue weighted by atomic mass is 16.5. The third-order valence-corrected chi connectivity index (χ3v) is 2.96. The average molecular weight is 221 g/mol. The van der Waals surface area contributed by atoms with Gasteiger partial charge in [0, 0.05) is 24.6 Å². The van der Waals surface area contributed by atoms with Crippen molar-refractivity contribution in [3.8, 4) is 5.75 Å². The van der Waals surface area contributed by atoms with Gasteiger partial charge in [-0.1, -0.05) is 17.7 Å². The maximum atomic E-state index is 5.58. The van der Waals surface area contributed by atoms with E-state index in [-0.39, 0.29) is 0 Å². The summed E-state index contributed by atoms with van der Waals surface area (Å²) in [7, 11) is 1.72. The first-order valence-electron chi connectivity index (χ1n) is 5.74. The zero-order chi connectivity index (χ0) is 11.4. The number of aryl methyl sites for hydroxylation is 1. The molecule has 1 fully saturated rings. The highest BCUT2D eigenvalue weighted by Gasteiger charge is 2.18. The van der Waals surface area contributed by atoms with Crippen LogP contribution in [0.4, 0.5) is 0 Å². The molecule has 1 aromatic rings. The number of benzene rings is 1. The van der Waals surface area contributed by atoms with E-state index >= 15 is 0 Å². The molecule has 0 amide bonds. The third kappa shape index (κ3) is 2.54. The summed E-state index contributed by atoms with van der Waals surface area (Å²) in [5, 5.41) is 3.39.